The molecule has 0 saturated carbocycles. The van der Waals surface area contributed by atoms with Gasteiger partial charge in [-0.3, -0.25) is 4.99 Å². The van der Waals surface area contributed by atoms with Gasteiger partial charge in [0.05, 0.1) is 11.6 Å². The Bertz CT molecular complexity index is 879. The van der Waals surface area contributed by atoms with Crippen molar-refractivity contribution < 1.29 is 0 Å². The summed E-state index contributed by atoms with van der Waals surface area (Å²) in [4.78, 5) is 14.0. The number of hydrogen-bond donors (Lipinski definition) is 2. The quantitative estimate of drug-likeness (QED) is 0.544. The zero-order valence-corrected chi connectivity index (χ0v) is 15.5. The second-order valence-electron chi connectivity index (χ2n) is 6.05. The van der Waals surface area contributed by atoms with Gasteiger partial charge < -0.3 is 19.8 Å². The van der Waals surface area contributed by atoms with Crippen molar-refractivity contribution in [3.63, 3.8) is 0 Å². The van der Waals surface area contributed by atoms with Crippen LogP contribution in [0.1, 0.15) is 11.3 Å². The van der Waals surface area contributed by atoms with Crippen molar-refractivity contribution >= 4 is 28.6 Å². The number of rotatable bonds is 5. The van der Waals surface area contributed by atoms with Gasteiger partial charge >= 0.3 is 0 Å². The Morgan fingerprint density at radius 3 is 3.04 bits per heavy atom. The minimum atomic E-state index is 0.736. The van der Waals surface area contributed by atoms with Gasteiger partial charge in [-0.25, -0.2) is 4.98 Å². The lowest BCUT2D eigenvalue weighted by molar-refractivity contribution is 0.462. The summed E-state index contributed by atoms with van der Waals surface area (Å²) in [5, 5.41) is 5.34. The maximum absolute atomic E-state index is 6.06. The van der Waals surface area contributed by atoms with Gasteiger partial charge in [-0.1, -0.05) is 11.6 Å². The fourth-order valence-electron chi connectivity index (χ4n) is 2.95. The van der Waals surface area contributed by atoms with Gasteiger partial charge in [-0.05, 0) is 30.2 Å². The molecule has 3 aromatic rings. The van der Waals surface area contributed by atoms with E-state index in [-0.39, 0.29) is 0 Å². The molecule has 0 unspecified atom stereocenters. The van der Waals surface area contributed by atoms with Gasteiger partial charge in [0.2, 0.25) is 0 Å². The number of aryl methyl sites for hydroxylation is 1. The third kappa shape index (κ3) is 3.96. The molecule has 0 amide bonds. The van der Waals surface area contributed by atoms with Gasteiger partial charge in [0.1, 0.15) is 5.65 Å². The summed E-state index contributed by atoms with van der Waals surface area (Å²) >= 11 is 6.06. The van der Waals surface area contributed by atoms with Crippen molar-refractivity contribution in [2.24, 2.45) is 12.0 Å². The smallest absolute Gasteiger partial charge is 0.193 e. The van der Waals surface area contributed by atoms with Crippen LogP contribution < -0.4 is 5.32 Å². The fraction of sp³-hybridized carbons (Fsp3) is 0.333. The van der Waals surface area contributed by atoms with Crippen LogP contribution in [0.5, 0.6) is 0 Å². The average Bonchev–Trinajstić information content (AvgIpc) is 3.14. The van der Waals surface area contributed by atoms with E-state index in [1.54, 1.807) is 13.2 Å². The van der Waals surface area contributed by atoms with Gasteiger partial charge in [-0.2, -0.15) is 0 Å². The Balaban J connectivity index is 1.58. The topological polar surface area (TPSA) is 61.2 Å². The standard InChI is InChI=1S/C18H23ClN6/c1-20-18(25(3)12-15-9-14(19)11-24(15)2)22-8-6-13-10-23-17-16(13)5-4-7-21-17/h4-5,7,9-11H,6,8,12H2,1-3H3,(H,20,22)(H,21,23). The van der Waals surface area contributed by atoms with E-state index in [1.165, 1.54) is 10.9 Å². The van der Waals surface area contributed by atoms with Crippen LogP contribution in [-0.2, 0) is 20.0 Å². The number of H-pyrrole nitrogens is 1. The number of nitrogens with one attached hydrogen (secondary N) is 2. The van der Waals surface area contributed by atoms with E-state index in [0.717, 1.165) is 41.8 Å². The number of hydrogen-bond acceptors (Lipinski definition) is 2. The number of aromatic amines is 1. The second-order valence-corrected chi connectivity index (χ2v) is 6.49. The van der Waals surface area contributed by atoms with Gasteiger partial charge in [-0.15, -0.1) is 0 Å². The molecule has 3 aromatic heterocycles. The van der Waals surface area contributed by atoms with Crippen molar-refractivity contribution in [3.8, 4) is 0 Å². The Hall–Kier alpha value is -2.47. The lowest BCUT2D eigenvalue weighted by Crippen LogP contribution is -2.39. The molecular weight excluding hydrogens is 336 g/mol. The molecule has 0 aliphatic heterocycles. The second kappa shape index (κ2) is 7.61. The predicted octanol–water partition coefficient (Wildman–Crippen LogP) is 2.80. The van der Waals surface area contributed by atoms with E-state index >= 15 is 0 Å². The number of aromatic nitrogens is 3. The van der Waals surface area contributed by atoms with E-state index in [4.69, 9.17) is 11.6 Å². The first-order valence-electron chi connectivity index (χ1n) is 8.22. The van der Waals surface area contributed by atoms with Crippen LogP contribution in [0.3, 0.4) is 0 Å². The molecule has 0 bridgehead atoms. The van der Waals surface area contributed by atoms with Crippen molar-refractivity contribution in [1.29, 1.82) is 0 Å². The minimum absolute atomic E-state index is 0.736. The van der Waals surface area contributed by atoms with Crippen LogP contribution in [0.25, 0.3) is 11.0 Å². The molecule has 132 valence electrons. The molecule has 25 heavy (non-hydrogen) atoms. The maximum atomic E-state index is 6.06. The van der Waals surface area contributed by atoms with Gasteiger partial charge in [0, 0.05) is 57.4 Å². The number of nitrogens with zero attached hydrogens (tertiary/aromatic N) is 4. The van der Waals surface area contributed by atoms with Crippen LogP contribution in [0.2, 0.25) is 5.02 Å². The van der Waals surface area contributed by atoms with E-state index in [2.05, 4.69) is 31.2 Å². The number of pyridine rings is 1. The highest BCUT2D eigenvalue weighted by molar-refractivity contribution is 6.30. The first-order chi connectivity index (χ1) is 12.1. The molecule has 7 heteroatoms. The van der Waals surface area contributed by atoms with Crippen LogP contribution >= 0.6 is 11.6 Å². The van der Waals surface area contributed by atoms with Crippen molar-refractivity contribution in [3.05, 3.63) is 53.1 Å². The number of fused-ring (bicyclic) bond motifs is 1. The molecule has 0 aliphatic rings. The summed E-state index contributed by atoms with van der Waals surface area (Å²) in [6, 6.07) is 6.03. The van der Waals surface area contributed by atoms with Crippen LogP contribution in [0, 0.1) is 0 Å². The fourth-order valence-corrected chi connectivity index (χ4v) is 3.23. The summed E-state index contributed by atoms with van der Waals surface area (Å²) in [5.74, 6) is 0.857. The first kappa shape index (κ1) is 17.4. The van der Waals surface area contributed by atoms with E-state index in [9.17, 15) is 0 Å². The van der Waals surface area contributed by atoms with E-state index in [0.29, 0.717) is 0 Å². The van der Waals surface area contributed by atoms with Crippen LogP contribution in [0.4, 0.5) is 0 Å². The summed E-state index contributed by atoms with van der Waals surface area (Å²) in [6.07, 6.45) is 6.63. The molecule has 0 radical (unpaired) electrons. The summed E-state index contributed by atoms with van der Waals surface area (Å²) in [6.45, 7) is 1.53. The lowest BCUT2D eigenvalue weighted by atomic mass is 10.1. The van der Waals surface area contributed by atoms with E-state index in [1.807, 2.05) is 43.2 Å². The highest BCUT2D eigenvalue weighted by Crippen LogP contribution is 2.16. The highest BCUT2D eigenvalue weighted by Gasteiger charge is 2.10. The molecule has 6 nitrogen and oxygen atoms in total. The van der Waals surface area contributed by atoms with Gasteiger partial charge in [0.15, 0.2) is 5.96 Å². The predicted molar refractivity (Wildman–Crippen MR) is 103 cm³/mol. The highest BCUT2D eigenvalue weighted by atomic mass is 35.5. The van der Waals surface area contributed by atoms with Crippen molar-refractivity contribution in [1.82, 2.24) is 24.8 Å². The van der Waals surface area contributed by atoms with E-state index < -0.39 is 0 Å². The molecule has 0 saturated heterocycles. The Morgan fingerprint density at radius 1 is 1.48 bits per heavy atom. The Labute approximate surface area is 152 Å². The summed E-state index contributed by atoms with van der Waals surface area (Å²) < 4.78 is 2.03. The molecule has 3 rings (SSSR count). The van der Waals surface area contributed by atoms with Crippen LogP contribution in [-0.4, -0.2) is 46.0 Å². The monoisotopic (exact) mass is 358 g/mol. The molecule has 3 heterocycles. The zero-order chi connectivity index (χ0) is 17.8. The lowest BCUT2D eigenvalue weighted by Gasteiger charge is -2.22. The van der Waals surface area contributed by atoms with Crippen molar-refractivity contribution in [2.45, 2.75) is 13.0 Å². The average molecular weight is 359 g/mol. The third-order valence-electron chi connectivity index (χ3n) is 4.26. The van der Waals surface area contributed by atoms with Gasteiger partial charge in [0.25, 0.3) is 0 Å². The summed E-state index contributed by atoms with van der Waals surface area (Å²) in [5.41, 5.74) is 3.32. The molecule has 0 spiro atoms. The normalized spacial score (nSPS) is 11.9. The van der Waals surface area contributed by atoms with Crippen LogP contribution in [0.15, 0.2) is 41.8 Å². The molecule has 0 fully saturated rings. The van der Waals surface area contributed by atoms with Crippen molar-refractivity contribution in [2.75, 3.05) is 20.6 Å². The molecule has 0 aromatic carbocycles. The Kier molecular flexibility index (Phi) is 5.28. The maximum Gasteiger partial charge on any atom is 0.193 e. The number of aliphatic imine (C=N–C) groups is 1. The number of halogens is 1. The minimum Gasteiger partial charge on any atom is -0.356 e. The first-order valence-corrected chi connectivity index (χ1v) is 8.60. The number of guanidine groups is 1. The zero-order valence-electron chi connectivity index (χ0n) is 14.8. The SMILES string of the molecule is CN=C(NCCc1c[nH]c2ncccc12)N(C)Cc1cc(Cl)cn1C. The molecular formula is C18H23ClN6. The largest absolute Gasteiger partial charge is 0.356 e. The molecule has 0 aliphatic carbocycles. The summed E-state index contributed by atoms with van der Waals surface area (Å²) in [7, 11) is 5.81. The third-order valence-corrected chi connectivity index (χ3v) is 4.47. The molecule has 0 atom stereocenters. The Morgan fingerprint density at radius 2 is 2.32 bits per heavy atom. The molecule has 2 N–H and O–H groups in total.